The number of carbonyl (C=O) groups is 1. The van der Waals surface area contributed by atoms with Gasteiger partial charge in [0.1, 0.15) is 4.70 Å². The molecule has 2 heterocycles. The lowest BCUT2D eigenvalue weighted by atomic mass is 10.3. The summed E-state index contributed by atoms with van der Waals surface area (Å²) in [6.07, 6.45) is 0.817. The molecule has 8 heteroatoms. The molecule has 0 aliphatic heterocycles. The number of benzene rings is 1. The third-order valence-electron chi connectivity index (χ3n) is 3.46. The topological polar surface area (TPSA) is 64.0 Å². The number of thioether (sulfide) groups is 1. The number of rotatable bonds is 6. The third-order valence-corrected chi connectivity index (χ3v) is 5.66. The zero-order chi connectivity index (χ0) is 17.8. The molecule has 0 saturated heterocycles. The van der Waals surface area contributed by atoms with Crippen LogP contribution in [0.4, 0.5) is 5.69 Å². The van der Waals surface area contributed by atoms with Crippen LogP contribution in [0.2, 0.25) is 5.02 Å². The van der Waals surface area contributed by atoms with Gasteiger partial charge in [-0.05, 0) is 30.0 Å². The number of nitrogens with one attached hydrogen (secondary N) is 1. The van der Waals surface area contributed by atoms with Gasteiger partial charge in [-0.2, -0.15) is 0 Å². The lowest BCUT2D eigenvalue weighted by molar-refractivity contribution is -0.113. The maximum Gasteiger partial charge on any atom is 0.272 e. The van der Waals surface area contributed by atoms with E-state index in [2.05, 4.69) is 10.3 Å². The number of hydrogen-bond acceptors (Lipinski definition) is 5. The first-order valence-corrected chi connectivity index (χ1v) is 9.99. The van der Waals surface area contributed by atoms with Crippen LogP contribution in [-0.4, -0.2) is 21.2 Å². The summed E-state index contributed by atoms with van der Waals surface area (Å²) in [6, 6.07) is 8.89. The van der Waals surface area contributed by atoms with Gasteiger partial charge < -0.3 is 5.32 Å². The highest BCUT2D eigenvalue weighted by molar-refractivity contribution is 7.99. The summed E-state index contributed by atoms with van der Waals surface area (Å²) in [5.41, 5.74) is 1.20. The van der Waals surface area contributed by atoms with Gasteiger partial charge in [0.25, 0.3) is 5.56 Å². The molecule has 0 aliphatic carbocycles. The van der Waals surface area contributed by atoms with Gasteiger partial charge in [-0.3, -0.25) is 14.2 Å². The molecular formula is C17H16ClN3O2S2. The lowest BCUT2D eigenvalue weighted by Crippen LogP contribution is -2.23. The molecule has 0 spiro atoms. The maximum absolute atomic E-state index is 12.6. The van der Waals surface area contributed by atoms with Gasteiger partial charge in [0.2, 0.25) is 5.91 Å². The summed E-state index contributed by atoms with van der Waals surface area (Å²) in [7, 11) is 0. The van der Waals surface area contributed by atoms with Crippen LogP contribution in [0.3, 0.4) is 0 Å². The van der Waals surface area contributed by atoms with E-state index in [0.29, 0.717) is 32.6 Å². The van der Waals surface area contributed by atoms with Crippen molar-refractivity contribution in [1.82, 2.24) is 9.55 Å². The van der Waals surface area contributed by atoms with E-state index in [1.165, 1.54) is 23.1 Å². The highest BCUT2D eigenvalue weighted by Gasteiger charge is 2.14. The number of halogens is 1. The number of thiophene rings is 1. The Morgan fingerprint density at radius 3 is 2.92 bits per heavy atom. The summed E-state index contributed by atoms with van der Waals surface area (Å²) in [5.74, 6) is -0.0439. The van der Waals surface area contributed by atoms with E-state index in [4.69, 9.17) is 11.6 Å². The molecule has 0 radical (unpaired) electrons. The molecule has 0 bridgehead atoms. The fraction of sp³-hybridized carbons (Fsp3) is 0.235. The molecule has 0 fully saturated rings. The average Bonchev–Trinajstić information content (AvgIpc) is 3.07. The first kappa shape index (κ1) is 18.0. The van der Waals surface area contributed by atoms with E-state index >= 15 is 0 Å². The Labute approximate surface area is 158 Å². The minimum Gasteiger partial charge on any atom is -0.324 e. The Kier molecular flexibility index (Phi) is 5.78. The molecule has 1 amide bonds. The van der Waals surface area contributed by atoms with Gasteiger partial charge in [0.05, 0.1) is 22.0 Å². The van der Waals surface area contributed by atoms with E-state index < -0.39 is 0 Å². The SMILES string of the molecule is CCCn1c(SCC(=O)Nc2ccccc2Cl)nc2ccsc2c1=O. The minimum absolute atomic E-state index is 0.0455. The van der Waals surface area contributed by atoms with Crippen molar-refractivity contribution in [2.45, 2.75) is 25.0 Å². The lowest BCUT2D eigenvalue weighted by Gasteiger charge is -2.11. The third kappa shape index (κ3) is 4.05. The number of anilines is 1. The van der Waals surface area contributed by atoms with Crippen LogP contribution in [0.1, 0.15) is 13.3 Å². The monoisotopic (exact) mass is 393 g/mol. The van der Waals surface area contributed by atoms with Crippen LogP contribution in [0, 0.1) is 0 Å². The second-order valence-corrected chi connectivity index (χ2v) is 7.57. The van der Waals surface area contributed by atoms with Crippen molar-refractivity contribution in [3.63, 3.8) is 0 Å². The van der Waals surface area contributed by atoms with Crippen molar-refractivity contribution >= 4 is 56.5 Å². The van der Waals surface area contributed by atoms with Crippen molar-refractivity contribution in [2.24, 2.45) is 0 Å². The smallest absolute Gasteiger partial charge is 0.272 e. The minimum atomic E-state index is -0.194. The molecule has 3 aromatic rings. The summed E-state index contributed by atoms with van der Waals surface area (Å²) in [5, 5.41) is 5.68. The Bertz CT molecular complexity index is 968. The first-order chi connectivity index (χ1) is 12.1. The molecular weight excluding hydrogens is 378 g/mol. The van der Waals surface area contributed by atoms with E-state index in [1.54, 1.807) is 28.8 Å². The van der Waals surface area contributed by atoms with Crippen LogP contribution in [0.5, 0.6) is 0 Å². The van der Waals surface area contributed by atoms with Crippen LogP contribution >= 0.6 is 34.7 Å². The van der Waals surface area contributed by atoms with Gasteiger partial charge >= 0.3 is 0 Å². The van der Waals surface area contributed by atoms with Crippen LogP contribution < -0.4 is 10.9 Å². The van der Waals surface area contributed by atoms with Gasteiger partial charge in [-0.1, -0.05) is 42.4 Å². The molecule has 1 aromatic carbocycles. The van der Waals surface area contributed by atoms with Crippen molar-refractivity contribution < 1.29 is 4.79 Å². The predicted octanol–water partition coefficient (Wildman–Crippen LogP) is 4.25. The number of amides is 1. The van der Waals surface area contributed by atoms with E-state index in [1.807, 2.05) is 18.4 Å². The second kappa shape index (κ2) is 8.03. The Balaban J connectivity index is 1.78. The number of nitrogens with zero attached hydrogens (tertiary/aromatic N) is 2. The molecule has 0 atom stereocenters. The van der Waals surface area contributed by atoms with E-state index in [9.17, 15) is 9.59 Å². The number of fused-ring (bicyclic) bond motifs is 1. The molecule has 2 aromatic heterocycles. The maximum atomic E-state index is 12.6. The van der Waals surface area contributed by atoms with Gasteiger partial charge in [-0.25, -0.2) is 4.98 Å². The normalized spacial score (nSPS) is 11.0. The predicted molar refractivity (Wildman–Crippen MR) is 105 cm³/mol. The van der Waals surface area contributed by atoms with Crippen LogP contribution in [0.25, 0.3) is 10.2 Å². The summed E-state index contributed by atoms with van der Waals surface area (Å²) >= 11 is 8.69. The zero-order valence-electron chi connectivity index (χ0n) is 13.5. The first-order valence-electron chi connectivity index (χ1n) is 7.75. The molecule has 130 valence electrons. The fourth-order valence-electron chi connectivity index (χ4n) is 2.33. The summed E-state index contributed by atoms with van der Waals surface area (Å²) in [4.78, 5) is 29.3. The molecule has 0 saturated carbocycles. The number of hydrogen-bond donors (Lipinski definition) is 1. The van der Waals surface area contributed by atoms with Crippen LogP contribution in [0.15, 0.2) is 45.7 Å². The number of para-hydroxylation sites is 1. The van der Waals surface area contributed by atoms with Crippen molar-refractivity contribution in [2.75, 3.05) is 11.1 Å². The molecule has 0 aliphatic rings. The Morgan fingerprint density at radius 2 is 2.16 bits per heavy atom. The van der Waals surface area contributed by atoms with E-state index in [-0.39, 0.29) is 17.2 Å². The van der Waals surface area contributed by atoms with Crippen LogP contribution in [-0.2, 0) is 11.3 Å². The zero-order valence-corrected chi connectivity index (χ0v) is 15.9. The average molecular weight is 394 g/mol. The van der Waals surface area contributed by atoms with Crippen molar-refractivity contribution in [3.05, 3.63) is 51.1 Å². The number of carbonyl (C=O) groups excluding carboxylic acids is 1. The molecule has 25 heavy (non-hydrogen) atoms. The Morgan fingerprint density at radius 1 is 1.36 bits per heavy atom. The highest BCUT2D eigenvalue weighted by Crippen LogP contribution is 2.23. The fourth-order valence-corrected chi connectivity index (χ4v) is 4.12. The largest absolute Gasteiger partial charge is 0.324 e. The van der Waals surface area contributed by atoms with E-state index in [0.717, 1.165) is 6.42 Å². The Hall–Kier alpha value is -1.83. The van der Waals surface area contributed by atoms with Gasteiger partial charge in [-0.15, -0.1) is 11.3 Å². The summed E-state index contributed by atoms with van der Waals surface area (Å²) < 4.78 is 2.30. The highest BCUT2D eigenvalue weighted by atomic mass is 35.5. The quantitative estimate of drug-likeness (QED) is 0.502. The number of aromatic nitrogens is 2. The second-order valence-electron chi connectivity index (χ2n) is 5.30. The molecule has 3 rings (SSSR count). The molecule has 0 unspecified atom stereocenters. The summed E-state index contributed by atoms with van der Waals surface area (Å²) in [6.45, 7) is 2.58. The molecule has 5 nitrogen and oxygen atoms in total. The van der Waals surface area contributed by atoms with Crippen molar-refractivity contribution in [1.29, 1.82) is 0 Å². The van der Waals surface area contributed by atoms with Gasteiger partial charge in [0, 0.05) is 6.54 Å². The molecule has 1 N–H and O–H groups in total. The standard InChI is InChI=1S/C17H16ClN3O2S2/c1-2-8-21-16(23)15-13(7-9-24-15)20-17(21)25-10-14(22)19-12-6-4-3-5-11(12)18/h3-7,9H,2,8,10H2,1H3,(H,19,22). The van der Waals surface area contributed by atoms with Crippen molar-refractivity contribution in [3.8, 4) is 0 Å². The van der Waals surface area contributed by atoms with Gasteiger partial charge in [0.15, 0.2) is 5.16 Å².